The molecule has 0 aliphatic rings. The minimum Gasteiger partial charge on any atom is -0.339 e. The van der Waals surface area contributed by atoms with E-state index >= 15 is 0 Å². The van der Waals surface area contributed by atoms with Crippen LogP contribution in [-0.2, 0) is 16.4 Å². The lowest BCUT2D eigenvalue weighted by atomic mass is 10.1. The molecule has 1 heterocycles. The maximum Gasteiger partial charge on any atom is 0.240 e. The summed E-state index contributed by atoms with van der Waals surface area (Å²) in [6.07, 6.45) is 0.200. The first-order valence-electron chi connectivity index (χ1n) is 8.01. The van der Waals surface area contributed by atoms with Crippen LogP contribution in [0.15, 0.2) is 51.9 Å². The standard InChI is InChI=1S/C18H18FN3O3S/c1-12-7-8-14(11-13(12)2)26(23,24)20-10-9-17-21-18(22-25-17)15-5-3-4-6-16(15)19/h3-8,11,20H,9-10H2,1-2H3. The molecule has 0 fully saturated rings. The molecule has 3 aromatic rings. The first-order chi connectivity index (χ1) is 12.4. The number of sulfonamides is 1. The fourth-order valence-electron chi connectivity index (χ4n) is 2.37. The van der Waals surface area contributed by atoms with E-state index < -0.39 is 15.8 Å². The summed E-state index contributed by atoms with van der Waals surface area (Å²) in [7, 11) is -3.62. The Balaban J connectivity index is 1.65. The third-order valence-corrected chi connectivity index (χ3v) is 5.46. The molecule has 1 aromatic heterocycles. The lowest BCUT2D eigenvalue weighted by Crippen LogP contribution is -2.26. The minimum atomic E-state index is -3.62. The van der Waals surface area contributed by atoms with E-state index in [1.807, 2.05) is 13.8 Å². The largest absolute Gasteiger partial charge is 0.339 e. The molecule has 2 aromatic carbocycles. The normalized spacial score (nSPS) is 11.7. The maximum atomic E-state index is 13.7. The van der Waals surface area contributed by atoms with Gasteiger partial charge < -0.3 is 4.52 Å². The third-order valence-electron chi connectivity index (χ3n) is 4.00. The van der Waals surface area contributed by atoms with Crippen molar-refractivity contribution in [3.63, 3.8) is 0 Å². The summed E-state index contributed by atoms with van der Waals surface area (Å²) in [6.45, 7) is 3.87. The average Bonchev–Trinajstić information content (AvgIpc) is 3.06. The average molecular weight is 375 g/mol. The predicted octanol–water partition coefficient (Wildman–Crippen LogP) is 3.01. The van der Waals surface area contributed by atoms with Gasteiger partial charge in [-0.15, -0.1) is 0 Å². The molecule has 0 unspecified atom stereocenters. The topological polar surface area (TPSA) is 85.1 Å². The molecule has 0 bridgehead atoms. The predicted molar refractivity (Wildman–Crippen MR) is 94.5 cm³/mol. The van der Waals surface area contributed by atoms with Crippen molar-refractivity contribution in [1.82, 2.24) is 14.9 Å². The fourth-order valence-corrected chi connectivity index (χ4v) is 3.48. The molecule has 0 atom stereocenters. The molecule has 0 spiro atoms. The van der Waals surface area contributed by atoms with Crippen LogP contribution in [0, 0.1) is 19.7 Å². The summed E-state index contributed by atoms with van der Waals surface area (Å²) < 4.78 is 46.0. The second-order valence-corrected chi connectivity index (χ2v) is 7.65. The van der Waals surface area contributed by atoms with Crippen LogP contribution in [-0.4, -0.2) is 25.1 Å². The molecule has 0 saturated carbocycles. The molecule has 0 radical (unpaired) electrons. The number of rotatable bonds is 6. The summed E-state index contributed by atoms with van der Waals surface area (Å²) in [5.41, 5.74) is 2.16. The van der Waals surface area contributed by atoms with Gasteiger partial charge in [0.1, 0.15) is 5.82 Å². The van der Waals surface area contributed by atoms with Crippen molar-refractivity contribution in [3.8, 4) is 11.4 Å². The summed E-state index contributed by atoms with van der Waals surface area (Å²) >= 11 is 0. The van der Waals surface area contributed by atoms with E-state index in [-0.39, 0.29) is 35.1 Å². The number of hydrogen-bond acceptors (Lipinski definition) is 5. The Morgan fingerprint density at radius 2 is 1.88 bits per heavy atom. The molecule has 0 saturated heterocycles. The van der Waals surface area contributed by atoms with Gasteiger partial charge in [0, 0.05) is 13.0 Å². The Morgan fingerprint density at radius 1 is 1.12 bits per heavy atom. The minimum absolute atomic E-state index is 0.0914. The van der Waals surface area contributed by atoms with Crippen molar-refractivity contribution < 1.29 is 17.3 Å². The van der Waals surface area contributed by atoms with Crippen molar-refractivity contribution in [3.05, 3.63) is 65.3 Å². The Labute approximate surface area is 151 Å². The van der Waals surface area contributed by atoms with Gasteiger partial charge in [-0.1, -0.05) is 23.4 Å². The van der Waals surface area contributed by atoms with Crippen LogP contribution in [0.3, 0.4) is 0 Å². The van der Waals surface area contributed by atoms with E-state index in [9.17, 15) is 12.8 Å². The number of nitrogens with one attached hydrogen (secondary N) is 1. The van der Waals surface area contributed by atoms with Crippen molar-refractivity contribution in [1.29, 1.82) is 0 Å². The van der Waals surface area contributed by atoms with Gasteiger partial charge in [0.15, 0.2) is 0 Å². The number of aryl methyl sites for hydroxylation is 2. The third kappa shape index (κ3) is 3.97. The van der Waals surface area contributed by atoms with Gasteiger partial charge in [-0.05, 0) is 49.2 Å². The zero-order chi connectivity index (χ0) is 18.7. The zero-order valence-electron chi connectivity index (χ0n) is 14.4. The summed E-state index contributed by atoms with van der Waals surface area (Å²) in [5.74, 6) is -0.0866. The van der Waals surface area contributed by atoms with Gasteiger partial charge in [-0.2, -0.15) is 4.98 Å². The van der Waals surface area contributed by atoms with E-state index in [1.54, 1.807) is 36.4 Å². The molecule has 3 rings (SSSR count). The summed E-state index contributed by atoms with van der Waals surface area (Å²) in [5, 5.41) is 3.74. The summed E-state index contributed by atoms with van der Waals surface area (Å²) in [4.78, 5) is 4.31. The zero-order valence-corrected chi connectivity index (χ0v) is 15.2. The number of halogens is 1. The smallest absolute Gasteiger partial charge is 0.240 e. The van der Waals surface area contributed by atoms with Crippen LogP contribution >= 0.6 is 0 Å². The Kier molecular flexibility index (Phi) is 5.15. The molecule has 8 heteroatoms. The highest BCUT2D eigenvalue weighted by atomic mass is 32.2. The first-order valence-corrected chi connectivity index (χ1v) is 9.49. The van der Waals surface area contributed by atoms with Crippen LogP contribution < -0.4 is 4.72 Å². The number of aromatic nitrogens is 2. The van der Waals surface area contributed by atoms with Gasteiger partial charge in [0.05, 0.1) is 10.5 Å². The van der Waals surface area contributed by atoms with Gasteiger partial charge in [0.25, 0.3) is 0 Å². The van der Waals surface area contributed by atoms with Gasteiger partial charge in [0.2, 0.25) is 21.7 Å². The monoisotopic (exact) mass is 375 g/mol. The quantitative estimate of drug-likeness (QED) is 0.716. The van der Waals surface area contributed by atoms with E-state index in [4.69, 9.17) is 4.52 Å². The SMILES string of the molecule is Cc1ccc(S(=O)(=O)NCCc2nc(-c3ccccc3F)no2)cc1C. The maximum absolute atomic E-state index is 13.7. The molecule has 0 amide bonds. The van der Waals surface area contributed by atoms with Crippen LogP contribution in [0.5, 0.6) is 0 Å². The van der Waals surface area contributed by atoms with Crippen molar-refractivity contribution in [2.45, 2.75) is 25.2 Å². The first kappa shape index (κ1) is 18.2. The van der Waals surface area contributed by atoms with Gasteiger partial charge in [-0.25, -0.2) is 17.5 Å². The van der Waals surface area contributed by atoms with Crippen molar-refractivity contribution >= 4 is 10.0 Å². The number of nitrogens with zero attached hydrogens (tertiary/aromatic N) is 2. The highest BCUT2D eigenvalue weighted by Crippen LogP contribution is 2.19. The molecule has 0 aliphatic heterocycles. The molecular weight excluding hydrogens is 357 g/mol. The highest BCUT2D eigenvalue weighted by Gasteiger charge is 2.16. The van der Waals surface area contributed by atoms with Gasteiger partial charge >= 0.3 is 0 Å². The Bertz CT molecular complexity index is 1030. The number of hydrogen-bond donors (Lipinski definition) is 1. The van der Waals surface area contributed by atoms with E-state index in [0.29, 0.717) is 0 Å². The van der Waals surface area contributed by atoms with E-state index in [1.165, 1.54) is 6.07 Å². The van der Waals surface area contributed by atoms with Crippen molar-refractivity contribution in [2.75, 3.05) is 6.54 Å². The Hall–Kier alpha value is -2.58. The van der Waals surface area contributed by atoms with Crippen LogP contribution in [0.2, 0.25) is 0 Å². The molecule has 136 valence electrons. The van der Waals surface area contributed by atoms with Crippen LogP contribution in [0.25, 0.3) is 11.4 Å². The highest BCUT2D eigenvalue weighted by molar-refractivity contribution is 7.89. The number of benzene rings is 2. The molecule has 0 aliphatic carbocycles. The lowest BCUT2D eigenvalue weighted by molar-refractivity contribution is 0.378. The summed E-state index contributed by atoms with van der Waals surface area (Å²) in [6, 6.07) is 11.1. The molecule has 26 heavy (non-hydrogen) atoms. The molecule has 1 N–H and O–H groups in total. The van der Waals surface area contributed by atoms with Gasteiger partial charge in [-0.3, -0.25) is 0 Å². The second-order valence-electron chi connectivity index (χ2n) is 5.89. The second kappa shape index (κ2) is 7.35. The van der Waals surface area contributed by atoms with E-state index in [0.717, 1.165) is 11.1 Å². The van der Waals surface area contributed by atoms with Crippen LogP contribution in [0.1, 0.15) is 17.0 Å². The molecule has 6 nitrogen and oxygen atoms in total. The molecular formula is C18H18FN3O3S. The Morgan fingerprint density at radius 3 is 2.62 bits per heavy atom. The van der Waals surface area contributed by atoms with Crippen LogP contribution in [0.4, 0.5) is 4.39 Å². The van der Waals surface area contributed by atoms with Crippen molar-refractivity contribution in [2.24, 2.45) is 0 Å². The fraction of sp³-hybridized carbons (Fsp3) is 0.222. The van der Waals surface area contributed by atoms with E-state index in [2.05, 4.69) is 14.9 Å². The lowest BCUT2D eigenvalue weighted by Gasteiger charge is -2.07.